The van der Waals surface area contributed by atoms with Crippen molar-refractivity contribution in [3.8, 4) is 5.75 Å². The van der Waals surface area contributed by atoms with E-state index in [9.17, 15) is 9.59 Å². The zero-order valence-corrected chi connectivity index (χ0v) is 14.0. The van der Waals surface area contributed by atoms with Crippen LogP contribution in [0.4, 0.5) is 10.5 Å². The third-order valence-corrected chi connectivity index (χ3v) is 4.00. The van der Waals surface area contributed by atoms with Crippen LogP contribution in [0.15, 0.2) is 65.9 Å². The fourth-order valence-corrected chi connectivity index (χ4v) is 2.83. The molecule has 0 saturated heterocycles. The average Bonchev–Trinajstić information content (AvgIpc) is 2.62. The highest BCUT2D eigenvalue weighted by atomic mass is 16.5. The highest BCUT2D eigenvalue weighted by Gasteiger charge is 2.31. The molecule has 0 saturated carbocycles. The first-order valence-corrected chi connectivity index (χ1v) is 7.87. The Labute approximate surface area is 145 Å². The van der Waals surface area contributed by atoms with Crippen LogP contribution in [0.1, 0.15) is 18.5 Å². The number of rotatable bonds is 4. The zero-order valence-electron chi connectivity index (χ0n) is 14.0. The summed E-state index contributed by atoms with van der Waals surface area (Å²) in [6.45, 7) is 1.71. The summed E-state index contributed by atoms with van der Waals surface area (Å²) in [6.07, 6.45) is 0. The van der Waals surface area contributed by atoms with Gasteiger partial charge in [-0.1, -0.05) is 42.5 Å². The minimum absolute atomic E-state index is 0.302. The van der Waals surface area contributed by atoms with Crippen LogP contribution in [0.25, 0.3) is 0 Å². The zero-order chi connectivity index (χ0) is 17.8. The molecule has 2 aromatic rings. The summed E-state index contributed by atoms with van der Waals surface area (Å²) in [5.74, 6) is 0.265. The number of hydrogen-bond acceptors (Lipinski definition) is 3. The van der Waals surface area contributed by atoms with E-state index in [0.29, 0.717) is 22.7 Å². The van der Waals surface area contributed by atoms with Crippen LogP contribution in [0, 0.1) is 0 Å². The predicted molar refractivity (Wildman–Crippen MR) is 95.2 cm³/mol. The predicted octanol–water partition coefficient (Wildman–Crippen LogP) is 2.96. The minimum Gasteiger partial charge on any atom is -0.495 e. The third kappa shape index (κ3) is 3.47. The third-order valence-electron chi connectivity index (χ3n) is 4.00. The lowest BCUT2D eigenvalue weighted by Crippen LogP contribution is -2.45. The normalized spacial score (nSPS) is 16.7. The summed E-state index contributed by atoms with van der Waals surface area (Å²) in [7, 11) is 1.55. The van der Waals surface area contributed by atoms with E-state index >= 15 is 0 Å². The number of benzene rings is 2. The number of amides is 3. The van der Waals surface area contributed by atoms with Gasteiger partial charge in [-0.15, -0.1) is 0 Å². The van der Waals surface area contributed by atoms with Gasteiger partial charge in [-0.2, -0.15) is 0 Å². The van der Waals surface area contributed by atoms with Gasteiger partial charge in [0, 0.05) is 5.70 Å². The Hall–Kier alpha value is -3.28. The van der Waals surface area contributed by atoms with Gasteiger partial charge in [-0.05, 0) is 24.6 Å². The summed E-state index contributed by atoms with van der Waals surface area (Å²) in [4.78, 5) is 24.8. The molecule has 6 heteroatoms. The Morgan fingerprint density at radius 1 is 1.08 bits per heavy atom. The minimum atomic E-state index is -0.523. The molecule has 1 aliphatic heterocycles. The van der Waals surface area contributed by atoms with Gasteiger partial charge in [0.15, 0.2) is 0 Å². The summed E-state index contributed by atoms with van der Waals surface area (Å²) < 4.78 is 5.27. The highest BCUT2D eigenvalue weighted by molar-refractivity contribution is 6.07. The first-order chi connectivity index (χ1) is 12.1. The second-order valence-electron chi connectivity index (χ2n) is 5.64. The molecule has 1 atom stereocenters. The summed E-state index contributed by atoms with van der Waals surface area (Å²) in [5.41, 5.74) is 2.38. The number of carbonyl (C=O) groups is 2. The molecule has 25 heavy (non-hydrogen) atoms. The van der Waals surface area contributed by atoms with Crippen molar-refractivity contribution in [1.29, 1.82) is 0 Å². The average molecular weight is 337 g/mol. The number of carbonyl (C=O) groups excluding carboxylic acids is 2. The molecule has 6 nitrogen and oxygen atoms in total. The summed E-state index contributed by atoms with van der Waals surface area (Å²) in [6, 6.07) is 15.7. The van der Waals surface area contributed by atoms with Gasteiger partial charge < -0.3 is 20.7 Å². The Morgan fingerprint density at radius 3 is 2.48 bits per heavy atom. The Kier molecular flexibility index (Phi) is 4.70. The van der Waals surface area contributed by atoms with E-state index in [1.165, 1.54) is 0 Å². The maximum atomic E-state index is 12.9. The van der Waals surface area contributed by atoms with E-state index in [4.69, 9.17) is 4.74 Å². The maximum Gasteiger partial charge on any atom is 0.319 e. The van der Waals surface area contributed by atoms with E-state index in [-0.39, 0.29) is 11.9 Å². The monoisotopic (exact) mass is 337 g/mol. The van der Waals surface area contributed by atoms with E-state index < -0.39 is 6.04 Å². The maximum absolute atomic E-state index is 12.9. The van der Waals surface area contributed by atoms with E-state index in [0.717, 1.165) is 5.56 Å². The lowest BCUT2D eigenvalue weighted by atomic mass is 9.95. The van der Waals surface area contributed by atoms with Crippen molar-refractivity contribution in [2.45, 2.75) is 13.0 Å². The number of methoxy groups -OCH3 is 1. The van der Waals surface area contributed by atoms with Crippen LogP contribution in [0.5, 0.6) is 5.75 Å². The molecular formula is C19H19N3O3. The topological polar surface area (TPSA) is 79.5 Å². The van der Waals surface area contributed by atoms with E-state index in [1.54, 1.807) is 26.2 Å². The van der Waals surface area contributed by atoms with Crippen LogP contribution in [-0.2, 0) is 4.79 Å². The standard InChI is InChI=1S/C19H19N3O3/c1-12-16(18(23)21-14-10-6-7-11-15(14)25-2)17(22-19(24)20-12)13-8-4-3-5-9-13/h3-11,17H,1-2H3,(H,21,23)(H2,20,22,24)/t17-/m1/s1. The molecule has 1 heterocycles. The number of hydrogen-bond donors (Lipinski definition) is 3. The van der Waals surface area contributed by atoms with Crippen LogP contribution in [-0.4, -0.2) is 19.0 Å². The molecule has 0 bridgehead atoms. The van der Waals surface area contributed by atoms with Crippen LogP contribution >= 0.6 is 0 Å². The fraction of sp³-hybridized carbons (Fsp3) is 0.158. The van der Waals surface area contributed by atoms with Crippen molar-refractivity contribution in [3.05, 3.63) is 71.4 Å². The SMILES string of the molecule is COc1ccccc1NC(=O)C1=C(C)NC(=O)N[C@@H]1c1ccccc1. The molecule has 0 aromatic heterocycles. The quantitative estimate of drug-likeness (QED) is 0.802. The molecule has 3 rings (SSSR count). The van der Waals surface area contributed by atoms with Gasteiger partial charge >= 0.3 is 6.03 Å². The number of nitrogens with one attached hydrogen (secondary N) is 3. The van der Waals surface area contributed by atoms with Crippen molar-refractivity contribution in [3.63, 3.8) is 0 Å². The molecule has 2 aromatic carbocycles. The first-order valence-electron chi connectivity index (χ1n) is 7.87. The van der Waals surface area contributed by atoms with Gasteiger partial charge in [0.1, 0.15) is 5.75 Å². The van der Waals surface area contributed by atoms with Crippen LogP contribution in [0.3, 0.4) is 0 Å². The number of urea groups is 1. The summed E-state index contributed by atoms with van der Waals surface area (Å²) >= 11 is 0. The molecule has 0 radical (unpaired) electrons. The van der Waals surface area contributed by atoms with Gasteiger partial charge in [0.25, 0.3) is 5.91 Å². The molecule has 0 aliphatic carbocycles. The van der Waals surface area contributed by atoms with Crippen molar-refractivity contribution < 1.29 is 14.3 Å². The van der Waals surface area contributed by atoms with Crippen molar-refractivity contribution in [2.24, 2.45) is 0 Å². The van der Waals surface area contributed by atoms with Crippen LogP contribution in [0.2, 0.25) is 0 Å². The second kappa shape index (κ2) is 7.09. The first kappa shape index (κ1) is 16.6. The molecule has 128 valence electrons. The molecule has 0 fully saturated rings. The van der Waals surface area contributed by atoms with Crippen molar-refractivity contribution in [1.82, 2.24) is 10.6 Å². The second-order valence-corrected chi connectivity index (χ2v) is 5.64. The van der Waals surface area contributed by atoms with E-state index in [1.807, 2.05) is 42.5 Å². The fourth-order valence-electron chi connectivity index (χ4n) is 2.83. The van der Waals surface area contributed by atoms with Gasteiger partial charge in [0.05, 0.1) is 24.4 Å². The van der Waals surface area contributed by atoms with Gasteiger partial charge in [0.2, 0.25) is 0 Å². The summed E-state index contributed by atoms with van der Waals surface area (Å²) in [5, 5.41) is 8.33. The van der Waals surface area contributed by atoms with Crippen molar-refractivity contribution in [2.75, 3.05) is 12.4 Å². The Balaban J connectivity index is 1.95. The smallest absolute Gasteiger partial charge is 0.319 e. The number of allylic oxidation sites excluding steroid dienone is 1. The molecule has 0 unspecified atom stereocenters. The molecule has 3 amide bonds. The number of ether oxygens (including phenoxy) is 1. The molecule has 0 spiro atoms. The van der Waals surface area contributed by atoms with Gasteiger partial charge in [-0.25, -0.2) is 4.79 Å². The Morgan fingerprint density at radius 2 is 1.76 bits per heavy atom. The van der Waals surface area contributed by atoms with Crippen LogP contribution < -0.4 is 20.7 Å². The molecule has 1 aliphatic rings. The van der Waals surface area contributed by atoms with Gasteiger partial charge in [-0.3, -0.25) is 4.79 Å². The number of para-hydroxylation sites is 2. The lowest BCUT2D eigenvalue weighted by molar-refractivity contribution is -0.113. The van der Waals surface area contributed by atoms with E-state index in [2.05, 4.69) is 16.0 Å². The Bertz CT molecular complexity index is 831. The molecular weight excluding hydrogens is 318 g/mol. The van der Waals surface area contributed by atoms with Crippen molar-refractivity contribution >= 4 is 17.6 Å². The largest absolute Gasteiger partial charge is 0.495 e. The number of anilines is 1. The highest BCUT2D eigenvalue weighted by Crippen LogP contribution is 2.29. The lowest BCUT2D eigenvalue weighted by Gasteiger charge is -2.28. The molecule has 3 N–H and O–H groups in total.